The Labute approximate surface area is 146 Å². The second-order valence-corrected chi connectivity index (χ2v) is 8.83. The Balaban J connectivity index is 1.44. The fourth-order valence-corrected chi connectivity index (χ4v) is 5.46. The molecule has 3 aliphatic carbocycles. The first-order valence-electron chi connectivity index (χ1n) is 9.64. The summed E-state index contributed by atoms with van der Waals surface area (Å²) in [5.74, 6) is 3.54. The van der Waals surface area contributed by atoms with Crippen molar-refractivity contribution in [1.82, 2.24) is 10.3 Å². The third-order valence-electron chi connectivity index (χ3n) is 7.39. The summed E-state index contributed by atoms with van der Waals surface area (Å²) in [4.78, 5) is 7.07. The molecular weight excluding hydrogens is 296 g/mol. The van der Waals surface area contributed by atoms with E-state index in [1.807, 2.05) is 6.20 Å². The molecule has 1 saturated heterocycles. The average Bonchev–Trinajstić information content (AvgIpc) is 3.05. The van der Waals surface area contributed by atoms with Crippen LogP contribution in [-0.2, 0) is 0 Å². The largest absolute Gasteiger partial charge is 0.370 e. The minimum Gasteiger partial charge on any atom is -0.370 e. The fourth-order valence-electron chi connectivity index (χ4n) is 5.46. The predicted octanol–water partition coefficient (Wildman–Crippen LogP) is 3.36. The molecule has 0 aromatic carbocycles. The van der Waals surface area contributed by atoms with Crippen LogP contribution >= 0.6 is 0 Å². The number of nitrogens with zero attached hydrogens (tertiary/aromatic N) is 2. The molecule has 2 N–H and O–H groups in total. The predicted molar refractivity (Wildman–Crippen MR) is 100 cm³/mol. The molecule has 2 heterocycles. The van der Waals surface area contributed by atoms with Crippen molar-refractivity contribution in [2.75, 3.05) is 30.4 Å². The van der Waals surface area contributed by atoms with Crippen LogP contribution in [-0.4, -0.2) is 37.2 Å². The first kappa shape index (κ1) is 16.2. The minimum absolute atomic E-state index is 0.546. The van der Waals surface area contributed by atoms with E-state index in [1.165, 1.54) is 24.9 Å². The Kier molecular flexibility index (Phi) is 3.98. The molecular formula is C20H32N4. The molecule has 24 heavy (non-hydrogen) atoms. The summed E-state index contributed by atoms with van der Waals surface area (Å²) in [6, 6.07) is 5.58. The summed E-state index contributed by atoms with van der Waals surface area (Å²) in [6.07, 6.45) is 5.91. The minimum atomic E-state index is 0.546. The van der Waals surface area contributed by atoms with E-state index in [0.29, 0.717) is 17.5 Å². The van der Waals surface area contributed by atoms with E-state index in [0.717, 1.165) is 36.7 Å². The highest BCUT2D eigenvalue weighted by molar-refractivity contribution is 5.55. The van der Waals surface area contributed by atoms with Gasteiger partial charge in [0.25, 0.3) is 0 Å². The molecule has 4 heteroatoms. The molecule has 132 valence electrons. The standard InChI is InChI=1S/C20H32N4/c1-13-17-9-14(20(17,2)3)10-18(13)23-19-11-16(5-7-22-19)24-8-6-15(12-24)21-4/h5,7,11,13-15,17-18,21H,6,8-10,12H2,1-4H3,(H,22,23)/t13?,14-,15?,17+,18?/m1/s1. The summed E-state index contributed by atoms with van der Waals surface area (Å²) in [5, 5.41) is 7.16. The molecule has 3 unspecified atom stereocenters. The number of likely N-dealkylation sites (N-methyl/N-ethyl adjacent to an activating group) is 1. The maximum Gasteiger partial charge on any atom is 0.128 e. The molecule has 4 aliphatic rings. The van der Waals surface area contributed by atoms with Gasteiger partial charge in [0.05, 0.1) is 0 Å². The van der Waals surface area contributed by atoms with Crippen molar-refractivity contribution >= 4 is 11.5 Å². The average molecular weight is 329 g/mol. The van der Waals surface area contributed by atoms with Crippen molar-refractivity contribution < 1.29 is 0 Å². The van der Waals surface area contributed by atoms with Gasteiger partial charge in [-0.3, -0.25) is 0 Å². The normalized spacial score (nSPS) is 37.2. The Morgan fingerprint density at radius 1 is 1.29 bits per heavy atom. The van der Waals surface area contributed by atoms with Gasteiger partial charge >= 0.3 is 0 Å². The van der Waals surface area contributed by atoms with E-state index in [4.69, 9.17) is 0 Å². The third-order valence-corrected chi connectivity index (χ3v) is 7.39. The third kappa shape index (κ3) is 2.59. The molecule has 5 rings (SSSR count). The van der Waals surface area contributed by atoms with E-state index in [1.54, 1.807) is 0 Å². The molecule has 0 radical (unpaired) electrons. The Bertz CT molecular complexity index is 599. The van der Waals surface area contributed by atoms with Gasteiger partial charge in [-0.1, -0.05) is 20.8 Å². The zero-order valence-electron chi connectivity index (χ0n) is 15.5. The lowest BCUT2D eigenvalue weighted by atomic mass is 9.45. The number of hydrogen-bond acceptors (Lipinski definition) is 4. The fraction of sp³-hybridized carbons (Fsp3) is 0.750. The van der Waals surface area contributed by atoms with Gasteiger partial charge in [-0.2, -0.15) is 0 Å². The van der Waals surface area contributed by atoms with Crippen molar-refractivity contribution in [1.29, 1.82) is 0 Å². The zero-order valence-corrected chi connectivity index (χ0v) is 15.5. The number of pyridine rings is 1. The van der Waals surface area contributed by atoms with Gasteiger partial charge in [0.15, 0.2) is 0 Å². The molecule has 0 spiro atoms. The smallest absolute Gasteiger partial charge is 0.128 e. The molecule has 4 fully saturated rings. The van der Waals surface area contributed by atoms with Gasteiger partial charge in [0.2, 0.25) is 0 Å². The second-order valence-electron chi connectivity index (χ2n) is 8.83. The highest BCUT2D eigenvalue weighted by Crippen LogP contribution is 2.61. The Morgan fingerprint density at radius 3 is 2.79 bits per heavy atom. The first-order chi connectivity index (χ1) is 11.5. The molecule has 5 atom stereocenters. The zero-order chi connectivity index (χ0) is 16.9. The van der Waals surface area contributed by atoms with E-state index in [2.05, 4.69) is 60.5 Å². The van der Waals surface area contributed by atoms with E-state index < -0.39 is 0 Å². The monoisotopic (exact) mass is 328 g/mol. The van der Waals surface area contributed by atoms with Crippen molar-refractivity contribution in [3.63, 3.8) is 0 Å². The lowest BCUT2D eigenvalue weighted by molar-refractivity contribution is -0.105. The van der Waals surface area contributed by atoms with Crippen LogP contribution < -0.4 is 15.5 Å². The van der Waals surface area contributed by atoms with E-state index in [-0.39, 0.29) is 0 Å². The summed E-state index contributed by atoms with van der Waals surface area (Å²) < 4.78 is 0. The highest BCUT2D eigenvalue weighted by atomic mass is 15.2. The van der Waals surface area contributed by atoms with Crippen molar-refractivity contribution in [2.45, 2.75) is 52.1 Å². The van der Waals surface area contributed by atoms with Crippen LogP contribution in [0.3, 0.4) is 0 Å². The number of aromatic nitrogens is 1. The number of hydrogen-bond donors (Lipinski definition) is 2. The van der Waals surface area contributed by atoms with Gasteiger partial charge in [-0.15, -0.1) is 0 Å². The molecule has 4 nitrogen and oxygen atoms in total. The van der Waals surface area contributed by atoms with Crippen LogP contribution in [0.15, 0.2) is 18.3 Å². The van der Waals surface area contributed by atoms with Crippen molar-refractivity contribution in [3.8, 4) is 0 Å². The van der Waals surface area contributed by atoms with Crippen LogP contribution in [0, 0.1) is 23.2 Å². The van der Waals surface area contributed by atoms with E-state index >= 15 is 0 Å². The van der Waals surface area contributed by atoms with Gasteiger partial charge in [0.1, 0.15) is 5.82 Å². The van der Waals surface area contributed by atoms with Crippen LogP contribution in [0.5, 0.6) is 0 Å². The van der Waals surface area contributed by atoms with Crippen LogP contribution in [0.4, 0.5) is 11.5 Å². The molecule has 1 aromatic heterocycles. The number of fused-ring (bicyclic) bond motifs is 2. The summed E-state index contributed by atoms with van der Waals surface area (Å²) in [6.45, 7) is 9.58. The molecule has 1 aliphatic heterocycles. The number of nitrogens with one attached hydrogen (secondary N) is 2. The van der Waals surface area contributed by atoms with Crippen LogP contribution in [0.1, 0.15) is 40.0 Å². The van der Waals surface area contributed by atoms with Crippen molar-refractivity contribution in [3.05, 3.63) is 18.3 Å². The molecule has 1 aromatic rings. The maximum atomic E-state index is 4.60. The molecule has 2 bridgehead atoms. The topological polar surface area (TPSA) is 40.2 Å². The summed E-state index contributed by atoms with van der Waals surface area (Å²) in [7, 11) is 2.06. The highest BCUT2D eigenvalue weighted by Gasteiger charge is 2.56. The maximum absolute atomic E-state index is 4.60. The van der Waals surface area contributed by atoms with E-state index in [9.17, 15) is 0 Å². The van der Waals surface area contributed by atoms with Gasteiger partial charge in [-0.25, -0.2) is 4.98 Å². The first-order valence-corrected chi connectivity index (χ1v) is 9.64. The summed E-state index contributed by atoms with van der Waals surface area (Å²) in [5.41, 5.74) is 1.85. The molecule has 0 amide bonds. The van der Waals surface area contributed by atoms with Gasteiger partial charge < -0.3 is 15.5 Å². The van der Waals surface area contributed by atoms with Gasteiger partial charge in [0, 0.05) is 43.1 Å². The lowest BCUT2D eigenvalue weighted by Gasteiger charge is -2.62. The Morgan fingerprint density at radius 2 is 2.12 bits per heavy atom. The lowest BCUT2D eigenvalue weighted by Crippen LogP contribution is -2.58. The SMILES string of the molecule is CNC1CCN(c2ccnc(NC3C[C@H]4C[C@@H](C3C)C4(C)C)c2)C1. The quantitative estimate of drug-likeness (QED) is 0.889. The summed E-state index contributed by atoms with van der Waals surface area (Å²) >= 11 is 0. The van der Waals surface area contributed by atoms with Crippen LogP contribution in [0.2, 0.25) is 0 Å². The van der Waals surface area contributed by atoms with Crippen LogP contribution in [0.25, 0.3) is 0 Å². The van der Waals surface area contributed by atoms with Gasteiger partial charge in [-0.05, 0) is 55.5 Å². The Hall–Kier alpha value is -1.29. The number of anilines is 2. The number of rotatable bonds is 4. The molecule has 3 saturated carbocycles. The second kappa shape index (κ2) is 5.91. The van der Waals surface area contributed by atoms with Crippen molar-refractivity contribution in [2.24, 2.45) is 23.2 Å².